The summed E-state index contributed by atoms with van der Waals surface area (Å²) in [5.74, 6) is -1.41. The molecule has 0 N–H and O–H groups in total. The van der Waals surface area contributed by atoms with Crippen molar-refractivity contribution in [1.29, 1.82) is 0 Å². The van der Waals surface area contributed by atoms with Gasteiger partial charge in [-0.05, 0) is 20.6 Å². The monoisotopic (exact) mass is 219 g/mol. The lowest BCUT2D eigenvalue weighted by atomic mass is 10.2. The van der Waals surface area contributed by atoms with Crippen LogP contribution in [0.25, 0.3) is 0 Å². The second-order valence-electron chi connectivity index (χ2n) is 2.46. The Morgan fingerprint density at radius 1 is 1.50 bits per heavy atom. The second-order valence-corrected chi connectivity index (χ2v) is 2.84. The van der Waals surface area contributed by atoms with Crippen LogP contribution in [0.15, 0.2) is 27.1 Å². The average Bonchev–Trinajstić information content (AvgIpc) is 2.16. The molecule has 14 heavy (non-hydrogen) atoms. The minimum Gasteiger partial charge on any atom is -0.465 e. The first-order valence-corrected chi connectivity index (χ1v) is 4.11. The van der Waals surface area contributed by atoms with E-state index in [0.717, 1.165) is 6.92 Å². The lowest BCUT2D eigenvalue weighted by molar-refractivity contribution is -0.135. The molecule has 0 atom stereocenters. The first kappa shape index (κ1) is 12.8. The molecular weight excluding hydrogens is 209 g/mol. The smallest absolute Gasteiger partial charge is 0.341 e. The summed E-state index contributed by atoms with van der Waals surface area (Å²) in [6, 6.07) is 0. The molecule has 0 bridgehead atoms. The topological polar surface area (TPSA) is 38.7 Å². The predicted molar refractivity (Wildman–Crippen MR) is 53.9 cm³/mol. The van der Waals surface area contributed by atoms with Gasteiger partial charge in [-0.2, -0.15) is 0 Å². The van der Waals surface area contributed by atoms with Crippen LogP contribution in [0.3, 0.4) is 0 Å². The van der Waals surface area contributed by atoms with Crippen LogP contribution in [-0.2, 0) is 9.53 Å². The first-order valence-electron chi connectivity index (χ1n) is 3.73. The highest BCUT2D eigenvalue weighted by Crippen LogP contribution is 2.24. The number of aliphatic imine (C=N–C) groups is 1. The van der Waals surface area contributed by atoms with Crippen molar-refractivity contribution in [2.75, 3.05) is 7.11 Å². The molecule has 0 radical (unpaired) electrons. The van der Waals surface area contributed by atoms with Gasteiger partial charge in [-0.3, -0.25) is 4.99 Å². The number of hydrogen-bond donors (Lipinski definition) is 0. The Balaban J connectivity index is 5.47. The summed E-state index contributed by atoms with van der Waals surface area (Å²) < 4.78 is 17.2. The van der Waals surface area contributed by atoms with Crippen molar-refractivity contribution in [2.45, 2.75) is 13.8 Å². The molecule has 0 aromatic rings. The van der Waals surface area contributed by atoms with E-state index < -0.39 is 11.8 Å². The van der Waals surface area contributed by atoms with E-state index in [-0.39, 0.29) is 16.3 Å². The highest BCUT2D eigenvalue weighted by atomic mass is 35.5. The van der Waals surface area contributed by atoms with Crippen molar-refractivity contribution in [3.8, 4) is 0 Å². The van der Waals surface area contributed by atoms with Gasteiger partial charge < -0.3 is 4.74 Å². The third kappa shape index (κ3) is 2.96. The highest BCUT2D eigenvalue weighted by molar-refractivity contribution is 6.35. The van der Waals surface area contributed by atoms with Gasteiger partial charge >= 0.3 is 5.97 Å². The molecule has 0 rings (SSSR count). The van der Waals surface area contributed by atoms with Gasteiger partial charge in [-0.15, -0.1) is 0 Å². The van der Waals surface area contributed by atoms with Gasteiger partial charge in [0.15, 0.2) is 0 Å². The molecule has 0 aromatic heterocycles. The molecule has 0 fully saturated rings. The van der Waals surface area contributed by atoms with Gasteiger partial charge in [0.25, 0.3) is 0 Å². The number of esters is 1. The molecule has 3 nitrogen and oxygen atoms in total. The fourth-order valence-electron chi connectivity index (χ4n) is 0.750. The molecule has 0 aliphatic carbocycles. The first-order chi connectivity index (χ1) is 6.45. The largest absolute Gasteiger partial charge is 0.465 e. The number of nitrogens with zero attached hydrogens (tertiary/aromatic N) is 1. The molecule has 0 aliphatic heterocycles. The van der Waals surface area contributed by atoms with Crippen LogP contribution in [-0.4, -0.2) is 19.8 Å². The van der Waals surface area contributed by atoms with Gasteiger partial charge in [0.1, 0.15) is 11.4 Å². The number of carbonyl (C=O) groups excluding carboxylic acids is 1. The van der Waals surface area contributed by atoms with Crippen LogP contribution >= 0.6 is 11.6 Å². The normalized spacial score (nSPS) is 14.1. The van der Waals surface area contributed by atoms with Crippen molar-refractivity contribution in [3.05, 3.63) is 22.1 Å². The van der Waals surface area contributed by atoms with Crippen LogP contribution in [0.2, 0.25) is 0 Å². The fourth-order valence-corrected chi connectivity index (χ4v) is 0.963. The van der Waals surface area contributed by atoms with Gasteiger partial charge in [-0.1, -0.05) is 11.6 Å². The Morgan fingerprint density at radius 3 is 2.29 bits per heavy atom. The number of ether oxygens (including phenoxy) is 1. The Kier molecular flexibility index (Phi) is 5.09. The van der Waals surface area contributed by atoms with Gasteiger partial charge in [0.05, 0.1) is 17.8 Å². The standard InChI is InChI=1S/C9H11ClFNO2/c1-5(11)8(10)7(6(2)12-3)9(13)14-4/h3H2,1-2,4H3/b7-6+,8-5-. The lowest BCUT2D eigenvalue weighted by Gasteiger charge is -2.06. The Morgan fingerprint density at radius 2 is 2.00 bits per heavy atom. The summed E-state index contributed by atoms with van der Waals surface area (Å²) in [5.41, 5.74) is 0.114. The van der Waals surface area contributed by atoms with Crippen molar-refractivity contribution in [1.82, 2.24) is 0 Å². The zero-order valence-corrected chi connectivity index (χ0v) is 8.98. The molecule has 5 heteroatoms. The van der Waals surface area contributed by atoms with Crippen LogP contribution < -0.4 is 0 Å². The molecule has 0 aromatic carbocycles. The van der Waals surface area contributed by atoms with Crippen molar-refractivity contribution in [2.24, 2.45) is 4.99 Å². The third-order valence-electron chi connectivity index (χ3n) is 1.51. The minimum absolute atomic E-state index is 0.107. The quantitative estimate of drug-likeness (QED) is 0.317. The molecule has 0 saturated carbocycles. The van der Waals surface area contributed by atoms with Crippen molar-refractivity contribution >= 4 is 24.3 Å². The molecule has 0 aliphatic rings. The number of carbonyl (C=O) groups is 1. The van der Waals surface area contributed by atoms with Gasteiger partial charge in [0.2, 0.25) is 0 Å². The molecule has 0 unspecified atom stereocenters. The maximum absolute atomic E-state index is 12.8. The van der Waals surface area contributed by atoms with Crippen LogP contribution in [0.5, 0.6) is 0 Å². The summed E-state index contributed by atoms with van der Waals surface area (Å²) in [6.07, 6.45) is 0. The average molecular weight is 220 g/mol. The predicted octanol–water partition coefficient (Wildman–Crippen LogP) is 2.57. The Hall–Kier alpha value is -1.16. The maximum atomic E-state index is 12.8. The second kappa shape index (κ2) is 5.54. The van der Waals surface area contributed by atoms with Crippen LogP contribution in [0.4, 0.5) is 4.39 Å². The van der Waals surface area contributed by atoms with Crippen LogP contribution in [0.1, 0.15) is 13.8 Å². The molecule has 0 amide bonds. The SMILES string of the molecule is C=N/C(C)=C(C(=O)OC)\C(Cl)=C(/C)F. The summed E-state index contributed by atoms with van der Waals surface area (Å²) in [5, 5.41) is -0.304. The van der Waals surface area contributed by atoms with E-state index >= 15 is 0 Å². The summed E-state index contributed by atoms with van der Waals surface area (Å²) in [4.78, 5) is 14.7. The van der Waals surface area contributed by atoms with Gasteiger partial charge in [0, 0.05) is 0 Å². The van der Waals surface area contributed by atoms with E-state index in [9.17, 15) is 9.18 Å². The van der Waals surface area contributed by atoms with E-state index in [1.165, 1.54) is 14.0 Å². The van der Waals surface area contributed by atoms with Crippen LogP contribution in [0, 0.1) is 0 Å². The molecular formula is C9H11ClFNO2. The number of hydrogen-bond acceptors (Lipinski definition) is 3. The summed E-state index contributed by atoms with van der Waals surface area (Å²) >= 11 is 5.59. The Labute approximate surface area is 86.9 Å². The molecule has 0 spiro atoms. The zero-order chi connectivity index (χ0) is 11.3. The van der Waals surface area contributed by atoms with Crippen molar-refractivity contribution < 1.29 is 13.9 Å². The third-order valence-corrected chi connectivity index (χ3v) is 1.96. The van der Waals surface area contributed by atoms with E-state index in [1.54, 1.807) is 0 Å². The van der Waals surface area contributed by atoms with E-state index in [2.05, 4.69) is 16.4 Å². The highest BCUT2D eigenvalue weighted by Gasteiger charge is 2.19. The number of methoxy groups -OCH3 is 1. The van der Waals surface area contributed by atoms with Crippen molar-refractivity contribution in [3.63, 3.8) is 0 Å². The van der Waals surface area contributed by atoms with E-state index in [0.29, 0.717) is 0 Å². The fraction of sp³-hybridized carbons (Fsp3) is 0.333. The molecule has 0 heterocycles. The number of halogens is 2. The minimum atomic E-state index is -0.739. The molecule has 78 valence electrons. The summed E-state index contributed by atoms with van der Waals surface area (Å²) in [6.45, 7) is 5.85. The summed E-state index contributed by atoms with van der Waals surface area (Å²) in [7, 11) is 1.18. The zero-order valence-electron chi connectivity index (χ0n) is 8.23. The van der Waals surface area contributed by atoms with E-state index in [1.807, 2.05) is 0 Å². The lowest BCUT2D eigenvalue weighted by Crippen LogP contribution is -2.07. The Bertz CT molecular complexity index is 317. The number of rotatable bonds is 3. The van der Waals surface area contributed by atoms with E-state index in [4.69, 9.17) is 11.6 Å². The number of allylic oxidation sites excluding steroid dienone is 2. The maximum Gasteiger partial charge on any atom is 0.341 e. The molecule has 0 saturated heterocycles. The van der Waals surface area contributed by atoms with Gasteiger partial charge in [-0.25, -0.2) is 9.18 Å².